The molecule has 0 aromatic carbocycles. The molecular formula is C10H15N3O2S. The Kier molecular flexibility index (Phi) is 5.49. The Hall–Kier alpha value is -1.43. The molecule has 16 heavy (non-hydrogen) atoms. The first-order chi connectivity index (χ1) is 7.74. The Labute approximate surface area is 98.2 Å². The van der Waals surface area contributed by atoms with Gasteiger partial charge in [-0.15, -0.1) is 11.3 Å². The van der Waals surface area contributed by atoms with E-state index < -0.39 is 12.0 Å². The minimum absolute atomic E-state index is 0.505. The van der Waals surface area contributed by atoms with E-state index in [1.54, 1.807) is 11.3 Å². The number of anilines is 1. The molecule has 0 unspecified atom stereocenters. The predicted octanol–water partition coefficient (Wildman–Crippen LogP) is 2.48. The van der Waals surface area contributed by atoms with E-state index in [4.69, 9.17) is 5.11 Å². The van der Waals surface area contributed by atoms with Gasteiger partial charge in [-0.25, -0.2) is 4.79 Å². The highest BCUT2D eigenvalue weighted by Crippen LogP contribution is 2.15. The lowest BCUT2D eigenvalue weighted by molar-refractivity contribution is -0.138. The van der Waals surface area contributed by atoms with Crippen molar-refractivity contribution in [1.29, 1.82) is 0 Å². The molecule has 0 bridgehead atoms. The van der Waals surface area contributed by atoms with Crippen LogP contribution in [-0.4, -0.2) is 30.7 Å². The van der Waals surface area contributed by atoms with E-state index in [9.17, 15) is 4.79 Å². The molecule has 0 aliphatic rings. The molecule has 6 heteroatoms. The monoisotopic (exact) mass is 241 g/mol. The van der Waals surface area contributed by atoms with E-state index in [0.717, 1.165) is 18.0 Å². The highest BCUT2D eigenvalue weighted by atomic mass is 32.1. The average Bonchev–Trinajstić information content (AvgIpc) is 2.75. The van der Waals surface area contributed by atoms with Crippen molar-refractivity contribution in [2.75, 3.05) is 18.9 Å². The second-order valence-corrected chi connectivity index (χ2v) is 4.16. The summed E-state index contributed by atoms with van der Waals surface area (Å²) in [7, 11) is 1.49. The third-order valence-corrected chi connectivity index (χ3v) is 2.84. The maximum absolute atomic E-state index is 10.7. The quantitative estimate of drug-likeness (QED) is 0.569. The number of aliphatic carboxylic acids is 1. The number of carbonyl (C=O) groups is 1. The molecular weight excluding hydrogens is 226 g/mol. The highest BCUT2D eigenvalue weighted by molar-refractivity contribution is 7.14. The van der Waals surface area contributed by atoms with E-state index in [-0.39, 0.29) is 0 Å². The van der Waals surface area contributed by atoms with Crippen LogP contribution in [0, 0.1) is 0 Å². The molecule has 0 fully saturated rings. The molecule has 1 aromatic heterocycles. The number of carboxylic acids is 1. The van der Waals surface area contributed by atoms with Gasteiger partial charge in [0.1, 0.15) is 0 Å². The van der Waals surface area contributed by atoms with Crippen molar-refractivity contribution >= 4 is 22.3 Å². The number of azo groups is 1. The maximum Gasteiger partial charge on any atom is 0.330 e. The van der Waals surface area contributed by atoms with Gasteiger partial charge in [-0.1, -0.05) is 0 Å². The largest absolute Gasteiger partial charge is 0.480 e. The Morgan fingerprint density at radius 1 is 1.69 bits per heavy atom. The molecule has 0 saturated carbocycles. The molecule has 1 rings (SSSR count). The fraction of sp³-hybridized carbons (Fsp3) is 0.500. The van der Waals surface area contributed by atoms with E-state index in [0.29, 0.717) is 6.42 Å². The summed E-state index contributed by atoms with van der Waals surface area (Å²) in [4.78, 5) is 10.7. The molecule has 0 spiro atoms. The molecule has 5 nitrogen and oxygen atoms in total. The summed E-state index contributed by atoms with van der Waals surface area (Å²) >= 11 is 1.63. The average molecular weight is 241 g/mol. The van der Waals surface area contributed by atoms with Gasteiger partial charge in [-0.3, -0.25) is 0 Å². The van der Waals surface area contributed by atoms with E-state index in [1.807, 2.05) is 17.5 Å². The molecule has 2 N–H and O–H groups in total. The zero-order valence-corrected chi connectivity index (χ0v) is 9.91. The van der Waals surface area contributed by atoms with Gasteiger partial charge >= 0.3 is 5.97 Å². The SMILES string of the molecule is CN=N[C@@H](CCCNc1cccs1)C(=O)O. The minimum atomic E-state index is -0.915. The van der Waals surface area contributed by atoms with Crippen LogP contribution in [0.5, 0.6) is 0 Å². The van der Waals surface area contributed by atoms with Gasteiger partial charge in [0.15, 0.2) is 6.04 Å². The summed E-state index contributed by atoms with van der Waals surface area (Å²) in [5, 5.41) is 22.3. The van der Waals surface area contributed by atoms with Crippen LogP contribution < -0.4 is 5.32 Å². The van der Waals surface area contributed by atoms with Crippen LogP contribution >= 0.6 is 11.3 Å². The summed E-state index contributed by atoms with van der Waals surface area (Å²) in [6.07, 6.45) is 1.26. The van der Waals surface area contributed by atoms with Gasteiger partial charge < -0.3 is 10.4 Å². The van der Waals surface area contributed by atoms with Crippen molar-refractivity contribution < 1.29 is 9.90 Å². The van der Waals surface area contributed by atoms with Crippen LogP contribution in [0.15, 0.2) is 27.7 Å². The Morgan fingerprint density at radius 3 is 3.06 bits per heavy atom. The van der Waals surface area contributed by atoms with Gasteiger partial charge in [-0.05, 0) is 30.4 Å². The number of thiophene rings is 1. The first-order valence-electron chi connectivity index (χ1n) is 5.03. The number of hydrogen-bond donors (Lipinski definition) is 2. The molecule has 1 heterocycles. The fourth-order valence-corrected chi connectivity index (χ4v) is 1.90. The summed E-state index contributed by atoms with van der Waals surface area (Å²) in [6.45, 7) is 0.753. The molecule has 0 saturated heterocycles. The Bertz CT molecular complexity index is 338. The summed E-state index contributed by atoms with van der Waals surface area (Å²) in [5.41, 5.74) is 0. The highest BCUT2D eigenvalue weighted by Gasteiger charge is 2.15. The number of nitrogens with zero attached hydrogens (tertiary/aromatic N) is 2. The number of carboxylic acid groups (broad SMARTS) is 1. The molecule has 0 amide bonds. The molecule has 1 atom stereocenters. The summed E-state index contributed by atoms with van der Waals surface area (Å²) in [6, 6.07) is 3.25. The normalized spacial score (nSPS) is 12.8. The lowest BCUT2D eigenvalue weighted by Crippen LogP contribution is -2.18. The smallest absolute Gasteiger partial charge is 0.330 e. The van der Waals surface area contributed by atoms with Gasteiger partial charge in [-0.2, -0.15) is 10.2 Å². The first kappa shape index (κ1) is 12.6. The van der Waals surface area contributed by atoms with Gasteiger partial charge in [0.2, 0.25) is 0 Å². The van der Waals surface area contributed by atoms with Crippen LogP contribution in [-0.2, 0) is 4.79 Å². The summed E-state index contributed by atoms with van der Waals surface area (Å²) < 4.78 is 0. The zero-order chi connectivity index (χ0) is 11.8. The summed E-state index contributed by atoms with van der Waals surface area (Å²) in [5.74, 6) is -0.915. The van der Waals surface area contributed by atoms with Crippen molar-refractivity contribution in [2.45, 2.75) is 18.9 Å². The minimum Gasteiger partial charge on any atom is -0.480 e. The second-order valence-electron chi connectivity index (χ2n) is 3.22. The van der Waals surface area contributed by atoms with Crippen molar-refractivity contribution in [3.63, 3.8) is 0 Å². The van der Waals surface area contributed by atoms with Crippen LogP contribution in [0.4, 0.5) is 5.00 Å². The lowest BCUT2D eigenvalue weighted by Gasteiger charge is -2.06. The van der Waals surface area contributed by atoms with Gasteiger partial charge in [0.25, 0.3) is 0 Å². The van der Waals surface area contributed by atoms with Crippen molar-refractivity contribution in [2.24, 2.45) is 10.2 Å². The second kappa shape index (κ2) is 6.95. The van der Waals surface area contributed by atoms with Crippen molar-refractivity contribution in [3.05, 3.63) is 17.5 Å². The van der Waals surface area contributed by atoms with Crippen LogP contribution in [0.3, 0.4) is 0 Å². The van der Waals surface area contributed by atoms with Gasteiger partial charge in [0.05, 0.1) is 5.00 Å². The van der Waals surface area contributed by atoms with Crippen LogP contribution in [0.25, 0.3) is 0 Å². The third kappa shape index (κ3) is 4.39. The standard InChI is InChI=1S/C10H15N3O2S/c1-11-13-8(10(14)15)4-2-6-12-9-5-3-7-16-9/h3,5,7-8,12H,2,4,6H2,1H3,(H,14,15)/t8-/m0/s1. The predicted molar refractivity (Wildman–Crippen MR) is 64.2 cm³/mol. The Balaban J connectivity index is 2.20. The number of hydrogen-bond acceptors (Lipinski definition) is 5. The maximum atomic E-state index is 10.7. The van der Waals surface area contributed by atoms with Gasteiger partial charge in [0, 0.05) is 13.6 Å². The molecule has 88 valence electrons. The Morgan fingerprint density at radius 2 is 2.50 bits per heavy atom. The molecule has 0 aliphatic carbocycles. The molecule has 1 aromatic rings. The number of rotatable bonds is 7. The number of nitrogens with one attached hydrogen (secondary N) is 1. The zero-order valence-electron chi connectivity index (χ0n) is 9.09. The molecule has 0 radical (unpaired) electrons. The third-order valence-electron chi connectivity index (χ3n) is 2.01. The fourth-order valence-electron chi connectivity index (χ4n) is 1.26. The van der Waals surface area contributed by atoms with E-state index >= 15 is 0 Å². The van der Waals surface area contributed by atoms with E-state index in [2.05, 4.69) is 15.5 Å². The van der Waals surface area contributed by atoms with E-state index in [1.165, 1.54) is 7.05 Å². The molecule has 0 aliphatic heterocycles. The van der Waals surface area contributed by atoms with Crippen molar-refractivity contribution in [1.82, 2.24) is 0 Å². The topological polar surface area (TPSA) is 74.0 Å². The van der Waals surface area contributed by atoms with Crippen LogP contribution in [0.1, 0.15) is 12.8 Å². The lowest BCUT2D eigenvalue weighted by atomic mass is 10.2. The van der Waals surface area contributed by atoms with Crippen molar-refractivity contribution in [3.8, 4) is 0 Å². The van der Waals surface area contributed by atoms with Crippen LogP contribution in [0.2, 0.25) is 0 Å². The first-order valence-corrected chi connectivity index (χ1v) is 5.91.